The zero-order valence-electron chi connectivity index (χ0n) is 21.0. The molecule has 5 N–H and O–H groups in total. The molecule has 0 radical (unpaired) electrons. The van der Waals surface area contributed by atoms with Crippen LogP contribution in [-0.4, -0.2) is 38.2 Å². The average Bonchev–Trinajstić information content (AvgIpc) is 3.27. The predicted molar refractivity (Wildman–Crippen MR) is 141 cm³/mol. The number of hydrogen-bond acceptors (Lipinski definition) is 5. The van der Waals surface area contributed by atoms with Gasteiger partial charge in [-0.3, -0.25) is 14.9 Å². The molecule has 1 aliphatic carbocycles. The Balaban J connectivity index is 1.56. The first-order valence-electron chi connectivity index (χ1n) is 12.5. The second-order valence-electron chi connectivity index (χ2n) is 10.2. The van der Waals surface area contributed by atoms with Gasteiger partial charge in [0.05, 0.1) is 4.92 Å². The van der Waals surface area contributed by atoms with Crippen molar-refractivity contribution in [1.29, 1.82) is 0 Å². The number of urea groups is 1. The normalized spacial score (nSPS) is 17.4. The molecule has 0 saturated heterocycles. The molecule has 1 saturated carbocycles. The summed E-state index contributed by atoms with van der Waals surface area (Å²) in [6.45, 7) is 3.24. The van der Waals surface area contributed by atoms with E-state index < -0.39 is 28.1 Å². The quantitative estimate of drug-likeness (QED) is 0.172. The molecule has 3 aromatic rings. The Morgan fingerprint density at radius 2 is 1.73 bits per heavy atom. The highest BCUT2D eigenvalue weighted by Crippen LogP contribution is 2.32. The van der Waals surface area contributed by atoms with Crippen molar-refractivity contribution in [3.05, 3.63) is 70.4 Å². The number of H-pyrrole nitrogens is 1. The zero-order chi connectivity index (χ0) is 26.6. The maximum Gasteiger partial charge on any atom is 0.320 e. The SMILES string of the molecule is CC(Cc1c[nH]c2ccccc12)(NC(=O)Nc1ccc([N+](=O)[O-])cc1)C(=O)NC(C)(O)C1CCCCC1. The molecule has 2 unspecified atom stereocenters. The average molecular weight is 508 g/mol. The number of hydrogen-bond donors (Lipinski definition) is 5. The minimum absolute atomic E-state index is 0.0727. The molecule has 0 spiro atoms. The van der Waals surface area contributed by atoms with E-state index in [0.29, 0.717) is 5.69 Å². The van der Waals surface area contributed by atoms with Crippen LogP contribution in [0, 0.1) is 16.0 Å². The summed E-state index contributed by atoms with van der Waals surface area (Å²) < 4.78 is 0. The van der Waals surface area contributed by atoms with Crippen LogP contribution in [0.3, 0.4) is 0 Å². The van der Waals surface area contributed by atoms with Crippen LogP contribution in [0.4, 0.5) is 16.2 Å². The molecule has 0 bridgehead atoms. The summed E-state index contributed by atoms with van der Waals surface area (Å²) in [6.07, 6.45) is 6.73. The Kier molecular flexibility index (Phi) is 7.49. The fourth-order valence-corrected chi connectivity index (χ4v) is 5.05. The number of fused-ring (bicyclic) bond motifs is 1. The molecular weight excluding hydrogens is 474 g/mol. The number of anilines is 1. The fraction of sp³-hybridized carbons (Fsp3) is 0.407. The van der Waals surface area contributed by atoms with Crippen LogP contribution in [-0.2, 0) is 11.2 Å². The number of aliphatic hydroxyl groups is 1. The molecule has 2 aromatic carbocycles. The van der Waals surface area contributed by atoms with Crippen LogP contribution in [0.25, 0.3) is 10.9 Å². The number of benzene rings is 2. The summed E-state index contributed by atoms with van der Waals surface area (Å²) in [5, 5.41) is 31.3. The zero-order valence-corrected chi connectivity index (χ0v) is 21.0. The van der Waals surface area contributed by atoms with E-state index >= 15 is 0 Å². The van der Waals surface area contributed by atoms with Gasteiger partial charge in [0.2, 0.25) is 5.91 Å². The van der Waals surface area contributed by atoms with Gasteiger partial charge in [0, 0.05) is 47.3 Å². The summed E-state index contributed by atoms with van der Waals surface area (Å²) in [5.41, 5.74) is -0.859. The van der Waals surface area contributed by atoms with Crippen molar-refractivity contribution in [3.63, 3.8) is 0 Å². The van der Waals surface area contributed by atoms with E-state index in [2.05, 4.69) is 20.9 Å². The van der Waals surface area contributed by atoms with Crippen molar-refractivity contribution in [2.24, 2.45) is 5.92 Å². The summed E-state index contributed by atoms with van der Waals surface area (Å²) in [6, 6.07) is 12.4. The molecule has 0 aliphatic heterocycles. The lowest BCUT2D eigenvalue weighted by Crippen LogP contribution is -2.64. The van der Waals surface area contributed by atoms with Gasteiger partial charge >= 0.3 is 6.03 Å². The van der Waals surface area contributed by atoms with Crippen molar-refractivity contribution in [2.45, 2.75) is 63.6 Å². The number of nitrogens with zero attached hydrogens (tertiary/aromatic N) is 1. The second-order valence-corrected chi connectivity index (χ2v) is 10.2. The van der Waals surface area contributed by atoms with E-state index in [0.717, 1.165) is 48.6 Å². The molecule has 3 amide bonds. The molecule has 1 fully saturated rings. The lowest BCUT2D eigenvalue weighted by atomic mass is 9.81. The largest absolute Gasteiger partial charge is 0.371 e. The Bertz CT molecular complexity index is 1280. The Hall–Kier alpha value is -3.92. The van der Waals surface area contributed by atoms with Crippen LogP contribution in [0.2, 0.25) is 0 Å². The van der Waals surface area contributed by atoms with E-state index in [1.807, 2.05) is 30.5 Å². The highest BCUT2D eigenvalue weighted by Gasteiger charge is 2.42. The summed E-state index contributed by atoms with van der Waals surface area (Å²) in [4.78, 5) is 40.3. The van der Waals surface area contributed by atoms with Crippen molar-refractivity contribution >= 4 is 34.2 Å². The number of nitrogens with one attached hydrogen (secondary N) is 4. The van der Waals surface area contributed by atoms with E-state index in [1.54, 1.807) is 13.8 Å². The van der Waals surface area contributed by atoms with Crippen molar-refractivity contribution < 1.29 is 19.6 Å². The molecule has 37 heavy (non-hydrogen) atoms. The number of carbonyl (C=O) groups is 2. The van der Waals surface area contributed by atoms with Crippen LogP contribution in [0.5, 0.6) is 0 Å². The Morgan fingerprint density at radius 3 is 2.41 bits per heavy atom. The van der Waals surface area contributed by atoms with Gasteiger partial charge in [-0.2, -0.15) is 0 Å². The Morgan fingerprint density at radius 1 is 1.05 bits per heavy atom. The standard InChI is InChI=1S/C27H33N5O5/c1-26(16-18-17-28-23-11-7-6-10-22(18)23,24(33)30-27(2,35)19-8-4-3-5-9-19)31-25(34)29-20-12-14-21(15-13-20)32(36)37/h6-7,10-15,17,19,28,35H,3-5,8-9,16H2,1-2H3,(H,30,33)(H2,29,31,34). The first-order chi connectivity index (χ1) is 17.6. The van der Waals surface area contributed by atoms with Gasteiger partial charge in [0.1, 0.15) is 11.3 Å². The monoisotopic (exact) mass is 507 g/mol. The van der Waals surface area contributed by atoms with E-state index in [-0.39, 0.29) is 18.0 Å². The maximum absolute atomic E-state index is 13.7. The first kappa shape index (κ1) is 26.2. The molecule has 2 atom stereocenters. The number of carbonyl (C=O) groups excluding carboxylic acids is 2. The van der Waals surface area contributed by atoms with Crippen molar-refractivity contribution in [3.8, 4) is 0 Å². The molecule has 1 heterocycles. The third-order valence-corrected chi connectivity index (χ3v) is 7.21. The molecule has 10 nitrogen and oxygen atoms in total. The predicted octanol–water partition coefficient (Wildman–Crippen LogP) is 4.60. The number of nitro benzene ring substituents is 1. The minimum atomic E-state index is -1.42. The van der Waals surface area contributed by atoms with E-state index in [1.165, 1.54) is 24.3 Å². The van der Waals surface area contributed by atoms with Crippen LogP contribution in [0.15, 0.2) is 54.7 Å². The van der Waals surface area contributed by atoms with Crippen molar-refractivity contribution in [2.75, 3.05) is 5.32 Å². The van der Waals surface area contributed by atoms with Crippen LogP contribution >= 0.6 is 0 Å². The van der Waals surface area contributed by atoms with Crippen molar-refractivity contribution in [1.82, 2.24) is 15.6 Å². The lowest BCUT2D eigenvalue weighted by Gasteiger charge is -2.39. The number of amides is 3. The first-order valence-corrected chi connectivity index (χ1v) is 12.5. The van der Waals surface area contributed by atoms with Crippen LogP contribution in [0.1, 0.15) is 51.5 Å². The molecule has 4 rings (SSSR count). The van der Waals surface area contributed by atoms with Gasteiger partial charge in [0.25, 0.3) is 5.69 Å². The third kappa shape index (κ3) is 6.08. The number of non-ortho nitro benzene ring substituents is 1. The highest BCUT2D eigenvalue weighted by atomic mass is 16.6. The number of aromatic nitrogens is 1. The topological polar surface area (TPSA) is 149 Å². The summed E-state index contributed by atoms with van der Waals surface area (Å²) in [7, 11) is 0. The highest BCUT2D eigenvalue weighted by molar-refractivity contribution is 5.97. The molecule has 10 heteroatoms. The maximum atomic E-state index is 13.7. The van der Waals surface area contributed by atoms with Crippen LogP contribution < -0.4 is 16.0 Å². The van der Waals surface area contributed by atoms with E-state index in [4.69, 9.17) is 0 Å². The third-order valence-electron chi connectivity index (χ3n) is 7.21. The molecular formula is C27H33N5O5. The summed E-state index contributed by atoms with van der Waals surface area (Å²) in [5.74, 6) is -0.580. The number of aromatic amines is 1. The van der Waals surface area contributed by atoms with Gasteiger partial charge < -0.3 is 26.0 Å². The smallest absolute Gasteiger partial charge is 0.320 e. The van der Waals surface area contributed by atoms with Gasteiger partial charge in [-0.05, 0) is 50.5 Å². The van der Waals surface area contributed by atoms with Gasteiger partial charge in [0.15, 0.2) is 0 Å². The fourth-order valence-electron chi connectivity index (χ4n) is 5.05. The number of para-hydroxylation sites is 1. The van der Waals surface area contributed by atoms with Gasteiger partial charge in [-0.1, -0.05) is 37.5 Å². The molecule has 1 aliphatic rings. The van der Waals surface area contributed by atoms with E-state index in [9.17, 15) is 24.8 Å². The summed E-state index contributed by atoms with van der Waals surface area (Å²) >= 11 is 0. The number of nitro groups is 1. The number of rotatable bonds is 8. The molecule has 196 valence electrons. The Labute approximate surface area is 215 Å². The second kappa shape index (κ2) is 10.6. The van der Waals surface area contributed by atoms with Gasteiger partial charge in [-0.15, -0.1) is 0 Å². The molecule has 1 aromatic heterocycles. The van der Waals surface area contributed by atoms with Gasteiger partial charge in [-0.25, -0.2) is 4.79 Å². The minimum Gasteiger partial charge on any atom is -0.371 e. The lowest BCUT2D eigenvalue weighted by molar-refractivity contribution is -0.384.